The molecular weight excluding hydrogens is 329 g/mol. The maximum absolute atomic E-state index is 13.0. The molecule has 1 N–H and O–H groups in total. The number of alkyl halides is 3. The summed E-state index contributed by atoms with van der Waals surface area (Å²) >= 11 is 6.18. The molecule has 0 saturated carbocycles. The Morgan fingerprint density at radius 3 is 2.70 bits per heavy atom. The van der Waals surface area contributed by atoms with Gasteiger partial charge in [-0.1, -0.05) is 25.4 Å². The van der Waals surface area contributed by atoms with Crippen LogP contribution in [0.4, 0.5) is 13.2 Å². The molecule has 0 unspecified atom stereocenters. The summed E-state index contributed by atoms with van der Waals surface area (Å²) in [6, 6.07) is 3.34. The fourth-order valence-electron chi connectivity index (χ4n) is 2.43. The molecule has 0 aliphatic carbocycles. The third-order valence-electron chi connectivity index (χ3n) is 3.42. The standard InChI is InChI=1S/C15H14ClF3N4/c1-8(2)3-13-21-12(15(17,18)19)7-23(13)10-4-9-6-20-22-14(9)11(16)5-10/h4-8H,3H2,1-2H3,(H,20,22). The van der Waals surface area contributed by atoms with Crippen molar-refractivity contribution in [1.82, 2.24) is 19.7 Å². The van der Waals surface area contributed by atoms with Gasteiger partial charge in [-0.3, -0.25) is 5.10 Å². The number of H-pyrrole nitrogens is 1. The van der Waals surface area contributed by atoms with Crippen molar-refractivity contribution < 1.29 is 13.2 Å². The van der Waals surface area contributed by atoms with Crippen LogP contribution in [0.1, 0.15) is 25.4 Å². The van der Waals surface area contributed by atoms with E-state index in [0.717, 1.165) is 11.6 Å². The minimum absolute atomic E-state index is 0.172. The molecule has 0 amide bonds. The number of fused-ring (bicyclic) bond motifs is 1. The summed E-state index contributed by atoms with van der Waals surface area (Å²) in [5, 5.41) is 7.78. The maximum Gasteiger partial charge on any atom is 0.434 e. The molecule has 4 nitrogen and oxygen atoms in total. The summed E-state index contributed by atoms with van der Waals surface area (Å²) in [5.41, 5.74) is 0.274. The van der Waals surface area contributed by atoms with Gasteiger partial charge in [0, 0.05) is 23.7 Å². The molecule has 0 aliphatic rings. The molecule has 3 aromatic rings. The van der Waals surface area contributed by atoms with Crippen molar-refractivity contribution in [3.8, 4) is 5.69 Å². The fraction of sp³-hybridized carbons (Fsp3) is 0.333. The van der Waals surface area contributed by atoms with Gasteiger partial charge in [0.15, 0.2) is 5.69 Å². The first-order valence-corrected chi connectivity index (χ1v) is 7.42. The normalized spacial score (nSPS) is 12.5. The number of imidazole rings is 1. The highest BCUT2D eigenvalue weighted by Crippen LogP contribution is 2.32. The lowest BCUT2D eigenvalue weighted by Gasteiger charge is -2.10. The number of aromatic nitrogens is 4. The average Bonchev–Trinajstić information content (AvgIpc) is 3.03. The number of aromatic amines is 1. The molecule has 3 rings (SSSR count). The second-order valence-electron chi connectivity index (χ2n) is 5.77. The molecule has 122 valence electrons. The van der Waals surface area contributed by atoms with Crippen LogP contribution in [0.15, 0.2) is 24.5 Å². The molecule has 0 spiro atoms. The molecular formula is C15H14ClF3N4. The van der Waals surface area contributed by atoms with Gasteiger partial charge in [0.1, 0.15) is 5.82 Å². The third kappa shape index (κ3) is 3.06. The van der Waals surface area contributed by atoms with Gasteiger partial charge in [-0.15, -0.1) is 0 Å². The first-order chi connectivity index (χ1) is 10.8. The minimum Gasteiger partial charge on any atom is -0.303 e. The molecule has 2 aromatic heterocycles. The quantitative estimate of drug-likeness (QED) is 0.755. The maximum atomic E-state index is 13.0. The number of halogens is 4. The first-order valence-electron chi connectivity index (χ1n) is 7.04. The van der Waals surface area contributed by atoms with Gasteiger partial charge in [-0.05, 0) is 18.1 Å². The van der Waals surface area contributed by atoms with Gasteiger partial charge < -0.3 is 4.57 Å². The lowest BCUT2D eigenvalue weighted by molar-refractivity contribution is -0.141. The van der Waals surface area contributed by atoms with Crippen molar-refractivity contribution >= 4 is 22.5 Å². The molecule has 0 radical (unpaired) electrons. The zero-order chi connectivity index (χ0) is 16.8. The smallest absolute Gasteiger partial charge is 0.303 e. The van der Waals surface area contributed by atoms with Gasteiger partial charge in [0.05, 0.1) is 16.7 Å². The Hall–Kier alpha value is -2.02. The number of benzene rings is 1. The van der Waals surface area contributed by atoms with Crippen LogP contribution in [0.5, 0.6) is 0 Å². The molecule has 0 bridgehead atoms. The van der Waals surface area contributed by atoms with E-state index in [1.807, 2.05) is 13.8 Å². The predicted octanol–water partition coefficient (Wildman–Crippen LogP) is 4.62. The molecule has 23 heavy (non-hydrogen) atoms. The lowest BCUT2D eigenvalue weighted by Crippen LogP contribution is -2.06. The van der Waals surface area contributed by atoms with E-state index >= 15 is 0 Å². The zero-order valence-electron chi connectivity index (χ0n) is 12.4. The summed E-state index contributed by atoms with van der Waals surface area (Å²) in [6.45, 7) is 3.86. The van der Waals surface area contributed by atoms with E-state index in [1.54, 1.807) is 18.3 Å². The van der Waals surface area contributed by atoms with E-state index in [2.05, 4.69) is 15.2 Å². The summed E-state index contributed by atoms with van der Waals surface area (Å²) in [4.78, 5) is 3.77. The molecule has 0 saturated heterocycles. The summed E-state index contributed by atoms with van der Waals surface area (Å²) in [6.07, 6.45) is -1.47. The first kappa shape index (κ1) is 15.9. The van der Waals surface area contributed by atoms with Crippen LogP contribution in [-0.4, -0.2) is 19.7 Å². The molecule has 8 heteroatoms. The average molecular weight is 343 g/mol. The minimum atomic E-state index is -4.49. The Kier molecular flexibility index (Phi) is 3.83. The van der Waals surface area contributed by atoms with E-state index in [4.69, 9.17) is 11.6 Å². The largest absolute Gasteiger partial charge is 0.434 e. The van der Waals surface area contributed by atoms with Gasteiger partial charge in [0.2, 0.25) is 0 Å². The van der Waals surface area contributed by atoms with Crippen molar-refractivity contribution in [2.24, 2.45) is 5.92 Å². The van der Waals surface area contributed by atoms with E-state index in [0.29, 0.717) is 28.5 Å². The second kappa shape index (κ2) is 5.56. The fourth-order valence-corrected chi connectivity index (χ4v) is 2.69. The van der Waals surface area contributed by atoms with Gasteiger partial charge in [-0.2, -0.15) is 18.3 Å². The lowest BCUT2D eigenvalue weighted by atomic mass is 10.1. The topological polar surface area (TPSA) is 46.5 Å². The Morgan fingerprint density at radius 2 is 2.04 bits per heavy atom. The van der Waals surface area contributed by atoms with Crippen LogP contribution >= 0.6 is 11.6 Å². The number of hydrogen-bond acceptors (Lipinski definition) is 2. The van der Waals surface area contributed by atoms with E-state index in [1.165, 1.54) is 4.57 Å². The predicted molar refractivity (Wildman–Crippen MR) is 81.8 cm³/mol. The number of nitrogens with zero attached hydrogens (tertiary/aromatic N) is 3. The highest BCUT2D eigenvalue weighted by molar-refractivity contribution is 6.35. The third-order valence-corrected chi connectivity index (χ3v) is 3.72. The highest BCUT2D eigenvalue weighted by atomic mass is 35.5. The SMILES string of the molecule is CC(C)Cc1nc(C(F)(F)F)cn1-c1cc(Cl)c2[nH]ncc2c1. The van der Waals surface area contributed by atoms with Crippen LogP contribution in [0.2, 0.25) is 5.02 Å². The van der Waals surface area contributed by atoms with Crippen molar-refractivity contribution in [2.75, 3.05) is 0 Å². The van der Waals surface area contributed by atoms with Gasteiger partial charge in [0.25, 0.3) is 0 Å². The Bertz CT molecular complexity index is 848. The van der Waals surface area contributed by atoms with Crippen molar-refractivity contribution in [2.45, 2.75) is 26.4 Å². The van der Waals surface area contributed by atoms with Crippen LogP contribution < -0.4 is 0 Å². The van der Waals surface area contributed by atoms with Crippen LogP contribution in [-0.2, 0) is 12.6 Å². The van der Waals surface area contributed by atoms with E-state index < -0.39 is 11.9 Å². The zero-order valence-corrected chi connectivity index (χ0v) is 13.2. The molecule has 2 heterocycles. The van der Waals surface area contributed by atoms with Gasteiger partial charge >= 0.3 is 6.18 Å². The highest BCUT2D eigenvalue weighted by Gasteiger charge is 2.35. The summed E-state index contributed by atoms with van der Waals surface area (Å²) in [7, 11) is 0. The molecule has 0 fully saturated rings. The van der Waals surface area contributed by atoms with Crippen LogP contribution in [0.3, 0.4) is 0 Å². The van der Waals surface area contributed by atoms with Crippen molar-refractivity contribution in [3.63, 3.8) is 0 Å². The van der Waals surface area contributed by atoms with Crippen LogP contribution in [0, 0.1) is 5.92 Å². The Labute approximate surface area is 135 Å². The van der Waals surface area contributed by atoms with Gasteiger partial charge in [-0.25, -0.2) is 4.98 Å². The molecule has 1 aromatic carbocycles. The Morgan fingerprint density at radius 1 is 1.30 bits per heavy atom. The molecule has 0 aliphatic heterocycles. The van der Waals surface area contributed by atoms with Crippen molar-refractivity contribution in [1.29, 1.82) is 0 Å². The number of nitrogens with one attached hydrogen (secondary N) is 1. The monoisotopic (exact) mass is 342 g/mol. The van der Waals surface area contributed by atoms with Crippen molar-refractivity contribution in [3.05, 3.63) is 41.1 Å². The van der Waals surface area contributed by atoms with E-state index in [9.17, 15) is 13.2 Å². The van der Waals surface area contributed by atoms with Crippen LogP contribution in [0.25, 0.3) is 16.6 Å². The Balaban J connectivity index is 2.17. The second-order valence-corrected chi connectivity index (χ2v) is 6.18. The molecule has 0 atom stereocenters. The number of hydrogen-bond donors (Lipinski definition) is 1. The number of rotatable bonds is 3. The summed E-state index contributed by atoms with van der Waals surface area (Å²) in [5.74, 6) is 0.525. The summed E-state index contributed by atoms with van der Waals surface area (Å²) < 4.78 is 40.4. The van der Waals surface area contributed by atoms with E-state index in [-0.39, 0.29) is 5.92 Å².